The second kappa shape index (κ2) is 6.13. The van der Waals surface area contributed by atoms with Gasteiger partial charge >= 0.3 is 0 Å². The van der Waals surface area contributed by atoms with Gasteiger partial charge in [0, 0.05) is 11.5 Å². The molecular weight excluding hydrogens is 275 g/mol. The smallest absolute Gasteiger partial charge is 0.127 e. The number of quaternary nitrogens is 2. The SMILES string of the molecule is Fc1cccc(C[NH+]2CC[NH+](C[C@@H]3C[C@H]4C=C[C@H]3C4)CC2)c1. The maximum absolute atomic E-state index is 13.3. The Labute approximate surface area is 132 Å². The van der Waals surface area contributed by atoms with Crippen molar-refractivity contribution >= 4 is 0 Å². The minimum atomic E-state index is -0.106. The van der Waals surface area contributed by atoms with Gasteiger partial charge in [0.05, 0.1) is 6.54 Å². The van der Waals surface area contributed by atoms with Gasteiger partial charge in [0.15, 0.2) is 0 Å². The molecule has 0 unspecified atom stereocenters. The summed E-state index contributed by atoms with van der Waals surface area (Å²) in [6.07, 6.45) is 7.78. The van der Waals surface area contributed by atoms with Crippen molar-refractivity contribution in [3.8, 4) is 0 Å². The van der Waals surface area contributed by atoms with Gasteiger partial charge in [0.1, 0.15) is 38.5 Å². The molecule has 0 spiro atoms. The van der Waals surface area contributed by atoms with Crippen LogP contribution in [0.4, 0.5) is 4.39 Å². The number of piperazine rings is 1. The number of hydrogen-bond donors (Lipinski definition) is 2. The van der Waals surface area contributed by atoms with Crippen molar-refractivity contribution < 1.29 is 14.2 Å². The normalized spacial score (nSPS) is 36.9. The monoisotopic (exact) mass is 302 g/mol. The van der Waals surface area contributed by atoms with E-state index in [2.05, 4.69) is 18.2 Å². The molecule has 118 valence electrons. The molecule has 3 aliphatic rings. The quantitative estimate of drug-likeness (QED) is 0.742. The van der Waals surface area contributed by atoms with Gasteiger partial charge in [-0.15, -0.1) is 0 Å². The summed E-state index contributed by atoms with van der Waals surface area (Å²) in [7, 11) is 0. The Morgan fingerprint density at radius 1 is 1.00 bits per heavy atom. The van der Waals surface area contributed by atoms with Crippen LogP contribution in [0, 0.1) is 23.6 Å². The topological polar surface area (TPSA) is 8.88 Å². The minimum absolute atomic E-state index is 0.106. The van der Waals surface area contributed by atoms with Crippen LogP contribution in [-0.4, -0.2) is 32.7 Å². The van der Waals surface area contributed by atoms with Crippen LogP contribution in [0.25, 0.3) is 0 Å². The summed E-state index contributed by atoms with van der Waals surface area (Å²) in [4.78, 5) is 3.41. The fourth-order valence-electron chi connectivity index (χ4n) is 4.77. The predicted molar refractivity (Wildman–Crippen MR) is 85.2 cm³/mol. The van der Waals surface area contributed by atoms with E-state index in [1.54, 1.807) is 15.9 Å². The van der Waals surface area contributed by atoms with Gasteiger partial charge in [-0.2, -0.15) is 0 Å². The second-order valence-electron chi connectivity index (χ2n) is 7.55. The first-order valence-corrected chi connectivity index (χ1v) is 8.86. The molecule has 0 amide bonds. The zero-order chi connectivity index (χ0) is 14.9. The van der Waals surface area contributed by atoms with E-state index in [0.717, 1.165) is 29.9 Å². The highest BCUT2D eigenvalue weighted by molar-refractivity contribution is 5.15. The first kappa shape index (κ1) is 14.4. The van der Waals surface area contributed by atoms with Gasteiger partial charge in [-0.1, -0.05) is 24.3 Å². The van der Waals surface area contributed by atoms with Crippen LogP contribution >= 0.6 is 0 Å². The Hall–Kier alpha value is -1.19. The van der Waals surface area contributed by atoms with E-state index in [9.17, 15) is 4.39 Å². The number of allylic oxidation sites excluding steroid dienone is 2. The third-order valence-electron chi connectivity index (χ3n) is 5.97. The Kier molecular flexibility index (Phi) is 4.01. The van der Waals surface area contributed by atoms with Gasteiger partial charge in [0.2, 0.25) is 0 Å². The predicted octanol–water partition coefficient (Wildman–Crippen LogP) is 0.321. The van der Waals surface area contributed by atoms with Gasteiger partial charge in [-0.3, -0.25) is 0 Å². The van der Waals surface area contributed by atoms with E-state index in [0.29, 0.717) is 0 Å². The number of fused-ring (bicyclic) bond motifs is 2. The highest BCUT2D eigenvalue weighted by Crippen LogP contribution is 2.42. The van der Waals surface area contributed by atoms with Crippen LogP contribution in [0.5, 0.6) is 0 Å². The third kappa shape index (κ3) is 3.11. The molecule has 1 saturated carbocycles. The molecule has 1 aromatic carbocycles. The first-order chi connectivity index (χ1) is 10.8. The molecule has 2 aliphatic carbocycles. The Morgan fingerprint density at radius 3 is 2.50 bits per heavy atom. The Balaban J connectivity index is 1.25. The van der Waals surface area contributed by atoms with E-state index in [-0.39, 0.29) is 5.82 Å². The molecule has 1 saturated heterocycles. The first-order valence-electron chi connectivity index (χ1n) is 8.86. The van der Waals surface area contributed by atoms with Crippen molar-refractivity contribution in [3.63, 3.8) is 0 Å². The maximum atomic E-state index is 13.3. The average Bonchev–Trinajstić information content (AvgIpc) is 3.12. The molecule has 2 bridgehead atoms. The fraction of sp³-hybridized carbons (Fsp3) is 0.579. The van der Waals surface area contributed by atoms with Gasteiger partial charge < -0.3 is 9.80 Å². The molecule has 3 heteroatoms. The summed E-state index contributed by atoms with van der Waals surface area (Å²) in [6.45, 7) is 7.36. The molecule has 1 aromatic rings. The molecule has 4 rings (SSSR count). The van der Waals surface area contributed by atoms with Gasteiger partial charge in [-0.25, -0.2) is 4.39 Å². The van der Waals surface area contributed by atoms with Crippen molar-refractivity contribution in [1.82, 2.24) is 0 Å². The molecule has 3 atom stereocenters. The summed E-state index contributed by atoms with van der Waals surface area (Å²) in [5.41, 5.74) is 1.14. The average molecular weight is 302 g/mol. The molecular formula is C19H27FN2+2. The highest BCUT2D eigenvalue weighted by atomic mass is 19.1. The molecule has 1 heterocycles. The molecule has 0 radical (unpaired) electrons. The van der Waals surface area contributed by atoms with E-state index >= 15 is 0 Å². The fourth-order valence-corrected chi connectivity index (χ4v) is 4.77. The lowest BCUT2D eigenvalue weighted by molar-refractivity contribution is -1.02. The van der Waals surface area contributed by atoms with Crippen LogP contribution in [0.3, 0.4) is 0 Å². The third-order valence-corrected chi connectivity index (χ3v) is 5.97. The van der Waals surface area contributed by atoms with Crippen LogP contribution in [0.15, 0.2) is 36.4 Å². The van der Waals surface area contributed by atoms with Crippen molar-refractivity contribution in [2.75, 3.05) is 32.7 Å². The van der Waals surface area contributed by atoms with Crippen LogP contribution < -0.4 is 9.80 Å². The number of benzene rings is 1. The largest absolute Gasteiger partial charge is 0.325 e. The van der Waals surface area contributed by atoms with Crippen molar-refractivity contribution in [2.24, 2.45) is 17.8 Å². The van der Waals surface area contributed by atoms with E-state index in [1.807, 2.05) is 6.07 Å². The molecule has 2 nitrogen and oxygen atoms in total. The molecule has 22 heavy (non-hydrogen) atoms. The lowest BCUT2D eigenvalue weighted by atomic mass is 9.93. The number of hydrogen-bond acceptors (Lipinski definition) is 0. The second-order valence-corrected chi connectivity index (χ2v) is 7.55. The minimum Gasteiger partial charge on any atom is -0.325 e. The summed E-state index contributed by atoms with van der Waals surface area (Å²) in [5.74, 6) is 2.62. The lowest BCUT2D eigenvalue weighted by Crippen LogP contribution is -3.27. The van der Waals surface area contributed by atoms with E-state index < -0.39 is 0 Å². The number of halogens is 1. The summed E-state index contributed by atoms with van der Waals surface area (Å²) < 4.78 is 13.3. The van der Waals surface area contributed by atoms with Crippen LogP contribution in [-0.2, 0) is 6.54 Å². The van der Waals surface area contributed by atoms with E-state index in [4.69, 9.17) is 0 Å². The number of rotatable bonds is 4. The Morgan fingerprint density at radius 2 is 1.82 bits per heavy atom. The molecule has 1 aliphatic heterocycles. The molecule has 2 fully saturated rings. The summed E-state index contributed by atoms with van der Waals surface area (Å²) in [6, 6.07) is 7.10. The standard InChI is InChI=1S/C19H25FN2/c20-19-3-1-2-16(12-19)13-21-6-8-22(9-7-21)14-18-11-15-4-5-17(18)10-15/h1-5,12,15,17-18H,6-11,13-14H2/p+2/t15-,17-,18-/m0/s1. The van der Waals surface area contributed by atoms with Gasteiger partial charge in [-0.05, 0) is 36.8 Å². The zero-order valence-electron chi connectivity index (χ0n) is 13.2. The Bertz CT molecular complexity index is 548. The maximum Gasteiger partial charge on any atom is 0.127 e. The van der Waals surface area contributed by atoms with E-state index in [1.165, 1.54) is 51.6 Å². The molecule has 0 aromatic heterocycles. The summed E-state index contributed by atoms with van der Waals surface area (Å²) in [5, 5.41) is 0. The lowest BCUT2D eigenvalue weighted by Gasteiger charge is -2.32. The van der Waals surface area contributed by atoms with Crippen molar-refractivity contribution in [3.05, 3.63) is 47.8 Å². The van der Waals surface area contributed by atoms with Crippen molar-refractivity contribution in [1.29, 1.82) is 0 Å². The highest BCUT2D eigenvalue weighted by Gasteiger charge is 2.38. The van der Waals surface area contributed by atoms with Crippen LogP contribution in [0.1, 0.15) is 18.4 Å². The van der Waals surface area contributed by atoms with Crippen molar-refractivity contribution in [2.45, 2.75) is 19.4 Å². The van der Waals surface area contributed by atoms with Gasteiger partial charge in [0.25, 0.3) is 0 Å². The summed E-state index contributed by atoms with van der Waals surface area (Å²) >= 11 is 0. The molecule has 2 N–H and O–H groups in total. The van der Waals surface area contributed by atoms with Crippen LogP contribution in [0.2, 0.25) is 0 Å². The zero-order valence-corrected chi connectivity index (χ0v) is 13.2. The number of nitrogens with one attached hydrogen (secondary N) is 2.